The molecule has 9 nitrogen and oxygen atoms in total. The number of carbonyl (C=O) groups excluding carboxylic acids is 1. The molecule has 1 aromatic heterocycles. The van der Waals surface area contributed by atoms with Crippen molar-refractivity contribution in [3.05, 3.63) is 36.7 Å². The first kappa shape index (κ1) is 30.6. The van der Waals surface area contributed by atoms with Gasteiger partial charge in [0.2, 0.25) is 5.89 Å². The molecule has 4 fully saturated rings. The minimum Gasteiger partial charge on any atom is -0.449 e. The second-order valence-corrected chi connectivity index (χ2v) is 15.8. The van der Waals surface area contributed by atoms with Gasteiger partial charge in [0.1, 0.15) is 6.26 Å². The Morgan fingerprint density at radius 3 is 2.60 bits per heavy atom. The number of sulfonamides is 1. The van der Waals surface area contributed by atoms with Crippen molar-refractivity contribution >= 4 is 16.1 Å². The summed E-state index contributed by atoms with van der Waals surface area (Å²) in [5, 5.41) is 22.4. The highest BCUT2D eigenvalue weighted by molar-refractivity contribution is 7.90. The van der Waals surface area contributed by atoms with Crippen LogP contribution in [0.15, 0.2) is 46.0 Å². The maximum Gasteiger partial charge on any atom is 0.421 e. The standard InChI is InChI=1S/C33H46N2O7S/c1-4-24-27-19-22(36)10-13-33(27,3)26-11-14-32(2)21(8-9-25(32)28(26)29(24)37)12-16-42-31(38)35-43(39,40)23-7-5-6-20(18-23)30-34-15-17-41-30/h5-7,15,17-18,21-22,24-29,36-37H,4,8-14,16,19H2,1-3H3,(H,35,38)/t21-,22-,24-,25+,26+,27+,28+,29-,32-,33-/m1/s1. The van der Waals surface area contributed by atoms with E-state index in [1.165, 1.54) is 24.6 Å². The molecule has 0 radical (unpaired) electrons. The zero-order valence-electron chi connectivity index (χ0n) is 25.4. The van der Waals surface area contributed by atoms with Gasteiger partial charge in [0, 0.05) is 5.56 Å². The number of aliphatic hydroxyl groups excluding tert-OH is 2. The van der Waals surface area contributed by atoms with Crippen molar-refractivity contribution in [3.63, 3.8) is 0 Å². The van der Waals surface area contributed by atoms with Crippen LogP contribution in [0.5, 0.6) is 0 Å². The first-order valence-electron chi connectivity index (χ1n) is 16.0. The highest BCUT2D eigenvalue weighted by atomic mass is 32.2. The Hall–Kier alpha value is -2.43. The monoisotopic (exact) mass is 614 g/mol. The molecular weight excluding hydrogens is 568 g/mol. The predicted molar refractivity (Wildman–Crippen MR) is 160 cm³/mol. The Balaban J connectivity index is 1.08. The summed E-state index contributed by atoms with van der Waals surface area (Å²) in [6.07, 6.45) is 9.81. The number of rotatable bonds is 7. The average molecular weight is 615 g/mol. The first-order chi connectivity index (χ1) is 20.5. The van der Waals surface area contributed by atoms with Gasteiger partial charge in [-0.2, -0.15) is 0 Å². The van der Waals surface area contributed by atoms with Gasteiger partial charge in [-0.1, -0.05) is 33.3 Å². The van der Waals surface area contributed by atoms with Crippen LogP contribution >= 0.6 is 0 Å². The van der Waals surface area contributed by atoms with Crippen molar-refractivity contribution < 1.29 is 32.6 Å². The lowest BCUT2D eigenvalue weighted by atomic mass is 9.41. The molecule has 4 saturated carbocycles. The maximum atomic E-state index is 12.9. The summed E-state index contributed by atoms with van der Waals surface area (Å²) >= 11 is 0. The number of benzene rings is 1. The molecule has 1 amide bonds. The van der Waals surface area contributed by atoms with Crippen LogP contribution in [0.2, 0.25) is 0 Å². The molecule has 1 heterocycles. The summed E-state index contributed by atoms with van der Waals surface area (Å²) < 4.78 is 38.5. The number of nitrogens with zero attached hydrogens (tertiary/aromatic N) is 1. The van der Waals surface area contributed by atoms with E-state index in [1.807, 2.05) is 4.72 Å². The van der Waals surface area contributed by atoms with E-state index in [0.29, 0.717) is 35.7 Å². The minimum atomic E-state index is -4.14. The molecule has 236 valence electrons. The van der Waals surface area contributed by atoms with Crippen molar-refractivity contribution in [2.45, 2.75) is 95.7 Å². The van der Waals surface area contributed by atoms with Gasteiger partial charge in [-0.15, -0.1) is 0 Å². The Bertz CT molecular complexity index is 1410. The number of carbonyl (C=O) groups is 1. The number of ether oxygens (including phenoxy) is 1. The fourth-order valence-electron chi connectivity index (χ4n) is 10.2. The SMILES string of the molecule is CC[C@H]1[C@@H](O)[C@@H]2[C@H](CC[C@]3(C)[C@@H](CCOC(=O)NS(=O)(=O)c4cccc(-c5ncco5)c4)CC[C@@H]23)[C@@]2(C)CC[C@@H](O)C[C@@H]12. The molecule has 3 N–H and O–H groups in total. The molecule has 0 aliphatic heterocycles. The smallest absolute Gasteiger partial charge is 0.421 e. The third-order valence-electron chi connectivity index (χ3n) is 12.3. The van der Waals surface area contributed by atoms with Gasteiger partial charge < -0.3 is 19.4 Å². The molecule has 0 unspecified atom stereocenters. The molecule has 43 heavy (non-hydrogen) atoms. The van der Waals surface area contributed by atoms with Crippen LogP contribution in [0.25, 0.3) is 11.5 Å². The fourth-order valence-corrected chi connectivity index (χ4v) is 11.1. The fraction of sp³-hybridized carbons (Fsp3) is 0.697. The van der Waals surface area contributed by atoms with Crippen LogP contribution in [0.4, 0.5) is 4.79 Å². The van der Waals surface area contributed by atoms with Gasteiger partial charge >= 0.3 is 6.09 Å². The highest BCUT2D eigenvalue weighted by Crippen LogP contribution is 2.69. The van der Waals surface area contributed by atoms with Gasteiger partial charge in [-0.05, 0) is 116 Å². The summed E-state index contributed by atoms with van der Waals surface area (Å²) in [5.74, 6) is 2.34. The molecule has 4 aliphatic carbocycles. The van der Waals surface area contributed by atoms with Gasteiger partial charge in [0.25, 0.3) is 10.0 Å². The van der Waals surface area contributed by atoms with E-state index in [1.54, 1.807) is 12.1 Å². The molecule has 0 bridgehead atoms. The Morgan fingerprint density at radius 2 is 1.86 bits per heavy atom. The van der Waals surface area contributed by atoms with Crippen molar-refractivity contribution in [2.24, 2.45) is 46.3 Å². The van der Waals surface area contributed by atoms with Crippen LogP contribution in [-0.4, -0.2) is 48.5 Å². The third-order valence-corrected chi connectivity index (χ3v) is 13.6. The molecule has 4 aliphatic rings. The van der Waals surface area contributed by atoms with Crippen LogP contribution in [0.3, 0.4) is 0 Å². The van der Waals surface area contributed by atoms with E-state index >= 15 is 0 Å². The molecule has 2 aromatic rings. The number of aromatic nitrogens is 1. The van der Waals surface area contributed by atoms with E-state index in [2.05, 4.69) is 25.8 Å². The van der Waals surface area contributed by atoms with Crippen LogP contribution in [0, 0.1) is 46.3 Å². The molecule has 1 aromatic carbocycles. The predicted octanol–water partition coefficient (Wildman–Crippen LogP) is 5.77. The summed E-state index contributed by atoms with van der Waals surface area (Å²) in [5.41, 5.74) is 0.687. The Kier molecular flexibility index (Phi) is 8.18. The number of amides is 1. The summed E-state index contributed by atoms with van der Waals surface area (Å²) in [6, 6.07) is 6.05. The maximum absolute atomic E-state index is 12.9. The number of hydrogen-bond acceptors (Lipinski definition) is 8. The van der Waals surface area contributed by atoms with E-state index < -0.39 is 16.1 Å². The Labute approximate surface area is 254 Å². The van der Waals surface area contributed by atoms with Crippen molar-refractivity contribution in [3.8, 4) is 11.5 Å². The second kappa shape index (κ2) is 11.5. The van der Waals surface area contributed by atoms with Crippen LogP contribution in [0.1, 0.15) is 78.6 Å². The highest BCUT2D eigenvalue weighted by Gasteiger charge is 2.64. The third kappa shape index (κ3) is 5.31. The normalized spacial score (nSPS) is 38.9. The number of nitrogens with one attached hydrogen (secondary N) is 1. The van der Waals surface area contributed by atoms with Crippen molar-refractivity contribution in [1.82, 2.24) is 9.71 Å². The summed E-state index contributed by atoms with van der Waals surface area (Å²) in [6.45, 7) is 7.13. The van der Waals surface area contributed by atoms with Gasteiger partial charge in [0.05, 0.1) is 29.9 Å². The molecular formula is C33H46N2O7S. The number of oxazole rings is 1. The van der Waals surface area contributed by atoms with Crippen molar-refractivity contribution in [1.29, 1.82) is 0 Å². The Morgan fingerprint density at radius 1 is 1.09 bits per heavy atom. The van der Waals surface area contributed by atoms with E-state index in [-0.39, 0.29) is 52.3 Å². The lowest BCUT2D eigenvalue weighted by molar-refractivity contribution is -0.202. The largest absolute Gasteiger partial charge is 0.449 e. The van der Waals surface area contributed by atoms with E-state index in [0.717, 1.165) is 51.4 Å². The van der Waals surface area contributed by atoms with Gasteiger partial charge in [-0.3, -0.25) is 0 Å². The topological polar surface area (TPSA) is 139 Å². The lowest BCUT2D eigenvalue weighted by Crippen LogP contribution is -2.62. The second-order valence-electron chi connectivity index (χ2n) is 14.1. The number of aliphatic hydroxyl groups is 2. The summed E-state index contributed by atoms with van der Waals surface area (Å²) in [7, 11) is -4.14. The summed E-state index contributed by atoms with van der Waals surface area (Å²) in [4.78, 5) is 16.5. The molecule has 0 saturated heterocycles. The number of hydrogen-bond donors (Lipinski definition) is 3. The van der Waals surface area contributed by atoms with Crippen LogP contribution in [-0.2, 0) is 14.8 Å². The minimum absolute atomic E-state index is 0.0457. The molecule has 0 spiro atoms. The first-order valence-corrected chi connectivity index (χ1v) is 17.5. The van der Waals surface area contributed by atoms with Crippen LogP contribution < -0.4 is 4.72 Å². The zero-order valence-corrected chi connectivity index (χ0v) is 26.3. The lowest BCUT2D eigenvalue weighted by Gasteiger charge is -2.64. The van der Waals surface area contributed by atoms with Gasteiger partial charge in [-0.25, -0.2) is 22.9 Å². The van der Waals surface area contributed by atoms with E-state index in [4.69, 9.17) is 9.15 Å². The molecule has 10 atom stereocenters. The average Bonchev–Trinajstić information content (AvgIpc) is 3.63. The zero-order chi connectivity index (χ0) is 30.6. The molecule has 10 heteroatoms. The quantitative estimate of drug-likeness (QED) is 0.357. The number of fused-ring (bicyclic) bond motifs is 5. The van der Waals surface area contributed by atoms with E-state index in [9.17, 15) is 23.4 Å². The molecule has 6 rings (SSSR count). The van der Waals surface area contributed by atoms with Crippen molar-refractivity contribution in [2.75, 3.05) is 6.61 Å². The van der Waals surface area contributed by atoms with Gasteiger partial charge in [0.15, 0.2) is 0 Å².